The van der Waals surface area contributed by atoms with Gasteiger partial charge in [0.1, 0.15) is 0 Å². The lowest BCUT2D eigenvalue weighted by Gasteiger charge is -2.37. The van der Waals surface area contributed by atoms with Crippen molar-refractivity contribution in [2.45, 2.75) is 25.3 Å². The van der Waals surface area contributed by atoms with Crippen LogP contribution in [0.15, 0.2) is 30.3 Å². The van der Waals surface area contributed by atoms with E-state index >= 15 is 0 Å². The Morgan fingerprint density at radius 3 is 2.82 bits per heavy atom. The lowest BCUT2D eigenvalue weighted by atomic mass is 9.75. The molecular weight excluding hydrogens is 230 g/mol. The van der Waals surface area contributed by atoms with Crippen molar-refractivity contribution in [1.29, 1.82) is 0 Å². The van der Waals surface area contributed by atoms with E-state index in [2.05, 4.69) is 29.6 Å². The minimum atomic E-state index is 0.168. The molecule has 0 radical (unpaired) electrons. The summed E-state index contributed by atoms with van der Waals surface area (Å²) in [7, 11) is 0. The highest BCUT2D eigenvalue weighted by Gasteiger charge is 2.47. The van der Waals surface area contributed by atoms with Gasteiger partial charge in [0, 0.05) is 17.6 Å². The van der Waals surface area contributed by atoms with Crippen LogP contribution in [-0.4, -0.2) is 17.4 Å². The fourth-order valence-electron chi connectivity index (χ4n) is 3.11. The molecule has 2 aliphatic heterocycles. The van der Waals surface area contributed by atoms with Crippen LogP contribution in [0.3, 0.4) is 0 Å². The third-order valence-corrected chi connectivity index (χ3v) is 5.27. The van der Waals surface area contributed by atoms with Gasteiger partial charge in [-0.25, -0.2) is 0 Å². The summed E-state index contributed by atoms with van der Waals surface area (Å²) in [5.74, 6) is 2.59. The molecule has 0 saturated carbocycles. The van der Waals surface area contributed by atoms with Gasteiger partial charge in [-0.05, 0) is 24.2 Å². The molecule has 3 heteroatoms. The summed E-state index contributed by atoms with van der Waals surface area (Å²) in [6, 6.07) is 10.6. The fourth-order valence-corrected chi connectivity index (χ4v) is 4.42. The van der Waals surface area contributed by atoms with Crippen LogP contribution in [0.4, 0.5) is 0 Å². The minimum absolute atomic E-state index is 0.168. The first kappa shape index (κ1) is 11.1. The molecule has 1 N–H and O–H groups in total. The molecule has 17 heavy (non-hydrogen) atoms. The van der Waals surface area contributed by atoms with Crippen LogP contribution in [0.2, 0.25) is 0 Å². The number of amides is 1. The summed E-state index contributed by atoms with van der Waals surface area (Å²) in [5.41, 5.74) is 1.43. The van der Waals surface area contributed by atoms with Crippen LogP contribution in [0.1, 0.15) is 30.9 Å². The van der Waals surface area contributed by atoms with E-state index in [9.17, 15) is 4.79 Å². The Morgan fingerprint density at radius 1 is 1.29 bits per heavy atom. The molecule has 1 aromatic rings. The van der Waals surface area contributed by atoms with E-state index in [4.69, 9.17) is 0 Å². The molecule has 2 saturated heterocycles. The standard InChI is InChI=1S/C14H17NOS/c16-12-9-14(7-4-8-17-10-14)13(15-12)11-5-2-1-3-6-11/h1-3,5-6,13H,4,7-10H2,(H,15,16). The van der Waals surface area contributed by atoms with E-state index in [1.54, 1.807) is 0 Å². The van der Waals surface area contributed by atoms with E-state index in [1.165, 1.54) is 24.2 Å². The predicted octanol–water partition coefficient (Wildman–Crippen LogP) is 2.76. The molecule has 1 spiro atoms. The Kier molecular flexibility index (Phi) is 2.87. The van der Waals surface area contributed by atoms with Crippen LogP contribution in [0.25, 0.3) is 0 Å². The van der Waals surface area contributed by atoms with Gasteiger partial charge in [0.15, 0.2) is 0 Å². The van der Waals surface area contributed by atoms with E-state index in [-0.39, 0.29) is 17.4 Å². The zero-order valence-corrected chi connectivity index (χ0v) is 10.6. The van der Waals surface area contributed by atoms with Crippen molar-refractivity contribution in [1.82, 2.24) is 5.32 Å². The van der Waals surface area contributed by atoms with Gasteiger partial charge in [0.25, 0.3) is 0 Å². The fraction of sp³-hybridized carbons (Fsp3) is 0.500. The molecule has 90 valence electrons. The zero-order valence-electron chi connectivity index (χ0n) is 9.82. The number of hydrogen-bond donors (Lipinski definition) is 1. The van der Waals surface area contributed by atoms with Gasteiger partial charge in [0.05, 0.1) is 6.04 Å². The zero-order chi connectivity index (χ0) is 11.7. The van der Waals surface area contributed by atoms with Gasteiger partial charge in [0.2, 0.25) is 5.91 Å². The van der Waals surface area contributed by atoms with Gasteiger partial charge >= 0.3 is 0 Å². The summed E-state index contributed by atoms with van der Waals surface area (Å²) in [6.07, 6.45) is 3.13. The van der Waals surface area contributed by atoms with Crippen molar-refractivity contribution in [2.75, 3.05) is 11.5 Å². The molecule has 2 fully saturated rings. The highest BCUT2D eigenvalue weighted by atomic mass is 32.2. The monoisotopic (exact) mass is 247 g/mol. The molecule has 1 amide bonds. The van der Waals surface area contributed by atoms with Crippen LogP contribution < -0.4 is 5.32 Å². The Labute approximate surface area is 106 Å². The van der Waals surface area contributed by atoms with Gasteiger partial charge < -0.3 is 5.32 Å². The van der Waals surface area contributed by atoms with Crippen molar-refractivity contribution in [3.63, 3.8) is 0 Å². The SMILES string of the molecule is O=C1CC2(CCCSC2)C(c2ccccc2)N1. The van der Waals surface area contributed by atoms with Crippen LogP contribution >= 0.6 is 11.8 Å². The first-order chi connectivity index (χ1) is 8.30. The minimum Gasteiger partial charge on any atom is -0.349 e. The Morgan fingerprint density at radius 2 is 2.12 bits per heavy atom. The van der Waals surface area contributed by atoms with Crippen molar-refractivity contribution in [3.05, 3.63) is 35.9 Å². The number of carbonyl (C=O) groups is 1. The Balaban J connectivity index is 1.94. The second-order valence-corrected chi connectivity index (χ2v) is 6.21. The first-order valence-electron chi connectivity index (χ1n) is 6.22. The third kappa shape index (κ3) is 1.97. The molecule has 2 unspecified atom stereocenters. The molecule has 2 heterocycles. The maximum Gasteiger partial charge on any atom is 0.221 e. The number of nitrogens with one attached hydrogen (secondary N) is 1. The summed E-state index contributed by atoms with van der Waals surface area (Å²) >= 11 is 2.00. The maximum absolute atomic E-state index is 11.8. The molecule has 2 aliphatic rings. The highest BCUT2D eigenvalue weighted by Crippen LogP contribution is 2.50. The van der Waals surface area contributed by atoms with E-state index in [0.717, 1.165) is 5.75 Å². The average molecular weight is 247 g/mol. The van der Waals surface area contributed by atoms with Crippen LogP contribution in [0, 0.1) is 5.41 Å². The van der Waals surface area contributed by atoms with Gasteiger partial charge in [-0.15, -0.1) is 0 Å². The van der Waals surface area contributed by atoms with Gasteiger partial charge in [-0.1, -0.05) is 30.3 Å². The molecule has 0 bridgehead atoms. The highest BCUT2D eigenvalue weighted by molar-refractivity contribution is 7.99. The summed E-state index contributed by atoms with van der Waals surface area (Å²) in [6.45, 7) is 0. The van der Waals surface area contributed by atoms with Crippen molar-refractivity contribution < 1.29 is 4.79 Å². The summed E-state index contributed by atoms with van der Waals surface area (Å²) in [4.78, 5) is 11.8. The molecule has 1 aromatic carbocycles. The molecule has 2 nitrogen and oxygen atoms in total. The second kappa shape index (κ2) is 4.37. The summed E-state index contributed by atoms with van der Waals surface area (Å²) < 4.78 is 0. The summed E-state index contributed by atoms with van der Waals surface area (Å²) in [5, 5.41) is 3.18. The number of carbonyl (C=O) groups excluding carboxylic acids is 1. The van der Waals surface area contributed by atoms with Gasteiger partial charge in [-0.3, -0.25) is 4.79 Å². The van der Waals surface area contributed by atoms with Crippen molar-refractivity contribution in [3.8, 4) is 0 Å². The predicted molar refractivity (Wildman–Crippen MR) is 70.9 cm³/mol. The normalized spacial score (nSPS) is 32.7. The lowest BCUT2D eigenvalue weighted by molar-refractivity contribution is -0.119. The van der Waals surface area contributed by atoms with E-state index < -0.39 is 0 Å². The Hall–Kier alpha value is -0.960. The first-order valence-corrected chi connectivity index (χ1v) is 7.38. The van der Waals surface area contributed by atoms with E-state index in [0.29, 0.717) is 6.42 Å². The number of benzene rings is 1. The van der Waals surface area contributed by atoms with Crippen LogP contribution in [0.5, 0.6) is 0 Å². The van der Waals surface area contributed by atoms with Crippen molar-refractivity contribution in [2.24, 2.45) is 5.41 Å². The van der Waals surface area contributed by atoms with E-state index in [1.807, 2.05) is 17.8 Å². The number of thioether (sulfide) groups is 1. The Bertz CT molecular complexity index is 411. The lowest BCUT2D eigenvalue weighted by Crippen LogP contribution is -2.33. The van der Waals surface area contributed by atoms with Crippen molar-refractivity contribution >= 4 is 17.7 Å². The molecule has 0 aromatic heterocycles. The molecule has 2 atom stereocenters. The quantitative estimate of drug-likeness (QED) is 0.826. The molecule has 3 rings (SSSR count). The number of hydrogen-bond acceptors (Lipinski definition) is 2. The molecular formula is C14H17NOS. The number of rotatable bonds is 1. The van der Waals surface area contributed by atoms with Crippen LogP contribution in [-0.2, 0) is 4.79 Å². The van der Waals surface area contributed by atoms with Gasteiger partial charge in [-0.2, -0.15) is 11.8 Å². The third-order valence-electron chi connectivity index (χ3n) is 3.92. The maximum atomic E-state index is 11.8. The molecule has 0 aliphatic carbocycles. The average Bonchev–Trinajstić information content (AvgIpc) is 2.68. The topological polar surface area (TPSA) is 29.1 Å². The largest absolute Gasteiger partial charge is 0.349 e. The second-order valence-electron chi connectivity index (χ2n) is 5.11. The smallest absolute Gasteiger partial charge is 0.221 e.